The van der Waals surface area contributed by atoms with Gasteiger partial charge in [-0.1, -0.05) is 46.5 Å². The summed E-state index contributed by atoms with van der Waals surface area (Å²) in [6.45, 7) is 6.85. The molecular weight excluding hydrogens is 276 g/mol. The normalized spacial score (nSPS) is 14.6. The summed E-state index contributed by atoms with van der Waals surface area (Å²) < 4.78 is 0.836. The van der Waals surface area contributed by atoms with E-state index < -0.39 is 0 Å². The monoisotopic (exact) mass is 298 g/mol. The van der Waals surface area contributed by atoms with Crippen molar-refractivity contribution in [1.82, 2.24) is 10.2 Å². The summed E-state index contributed by atoms with van der Waals surface area (Å²) in [6, 6.07) is 2.11. The van der Waals surface area contributed by atoms with Crippen molar-refractivity contribution in [2.24, 2.45) is 0 Å². The van der Waals surface area contributed by atoms with Gasteiger partial charge in [0.25, 0.3) is 0 Å². The van der Waals surface area contributed by atoms with E-state index >= 15 is 0 Å². The highest BCUT2D eigenvalue weighted by Crippen LogP contribution is 2.33. The molecule has 0 spiro atoms. The molecule has 0 aliphatic carbocycles. The predicted molar refractivity (Wildman–Crippen MR) is 76.1 cm³/mol. The summed E-state index contributed by atoms with van der Waals surface area (Å²) >= 11 is 3.40. The van der Waals surface area contributed by atoms with Gasteiger partial charge in [-0.15, -0.1) is 5.10 Å². The second-order valence-corrected chi connectivity index (χ2v) is 5.80. The first-order chi connectivity index (χ1) is 8.12. The van der Waals surface area contributed by atoms with Crippen LogP contribution in [0.1, 0.15) is 64.9 Å². The molecule has 0 amide bonds. The molecule has 1 unspecified atom stereocenters. The highest BCUT2D eigenvalue weighted by atomic mass is 79.9. The predicted octanol–water partition coefficient (Wildman–Crippen LogP) is 4.88. The minimum atomic E-state index is 0.242. The standard InChI is InChI=1S/C14H23BrN2/c1-4-6-7-8-9-14(3,5-2)12-10-13(15)17-16-11-12/h10-11H,4-9H2,1-3H3. The summed E-state index contributed by atoms with van der Waals surface area (Å²) in [6.07, 6.45) is 9.58. The van der Waals surface area contributed by atoms with E-state index in [9.17, 15) is 0 Å². The molecule has 1 aromatic rings. The fourth-order valence-corrected chi connectivity index (χ4v) is 2.48. The van der Waals surface area contributed by atoms with Gasteiger partial charge in [-0.2, -0.15) is 5.10 Å². The van der Waals surface area contributed by atoms with Crippen LogP contribution < -0.4 is 0 Å². The lowest BCUT2D eigenvalue weighted by Crippen LogP contribution is -2.21. The first-order valence-corrected chi connectivity index (χ1v) is 7.40. The zero-order valence-corrected chi connectivity index (χ0v) is 12.8. The van der Waals surface area contributed by atoms with Crippen LogP contribution in [0.3, 0.4) is 0 Å². The van der Waals surface area contributed by atoms with Gasteiger partial charge in [0, 0.05) is 0 Å². The molecule has 3 heteroatoms. The second-order valence-electron chi connectivity index (χ2n) is 4.99. The average Bonchev–Trinajstić information content (AvgIpc) is 2.34. The van der Waals surface area contributed by atoms with Crippen LogP contribution in [-0.2, 0) is 5.41 Å². The second kappa shape index (κ2) is 7.10. The van der Waals surface area contributed by atoms with Crippen molar-refractivity contribution in [2.45, 2.75) is 64.7 Å². The maximum atomic E-state index is 4.05. The Hall–Kier alpha value is -0.440. The van der Waals surface area contributed by atoms with Crippen molar-refractivity contribution in [2.75, 3.05) is 0 Å². The molecular formula is C14H23BrN2. The van der Waals surface area contributed by atoms with Crippen molar-refractivity contribution in [3.63, 3.8) is 0 Å². The minimum absolute atomic E-state index is 0.242. The van der Waals surface area contributed by atoms with Crippen molar-refractivity contribution >= 4 is 15.9 Å². The summed E-state index contributed by atoms with van der Waals surface area (Å²) in [5, 5.41) is 8.01. The average molecular weight is 299 g/mol. The molecule has 0 radical (unpaired) electrons. The molecule has 0 saturated heterocycles. The van der Waals surface area contributed by atoms with E-state index in [1.54, 1.807) is 0 Å². The first kappa shape index (κ1) is 14.6. The number of unbranched alkanes of at least 4 members (excludes halogenated alkanes) is 3. The lowest BCUT2D eigenvalue weighted by Gasteiger charge is -2.28. The van der Waals surface area contributed by atoms with E-state index in [4.69, 9.17) is 0 Å². The molecule has 0 fully saturated rings. The Morgan fingerprint density at radius 1 is 1.24 bits per heavy atom. The van der Waals surface area contributed by atoms with Crippen LogP contribution in [0, 0.1) is 0 Å². The molecule has 0 aromatic carbocycles. The highest BCUT2D eigenvalue weighted by Gasteiger charge is 2.24. The molecule has 2 nitrogen and oxygen atoms in total. The van der Waals surface area contributed by atoms with Gasteiger partial charge in [-0.25, -0.2) is 0 Å². The lowest BCUT2D eigenvalue weighted by atomic mass is 9.77. The van der Waals surface area contributed by atoms with E-state index in [2.05, 4.69) is 53.0 Å². The number of hydrogen-bond donors (Lipinski definition) is 0. The van der Waals surface area contributed by atoms with E-state index in [1.807, 2.05) is 6.20 Å². The smallest absolute Gasteiger partial charge is 0.129 e. The highest BCUT2D eigenvalue weighted by molar-refractivity contribution is 9.10. The quantitative estimate of drug-likeness (QED) is 0.671. The Morgan fingerprint density at radius 3 is 2.59 bits per heavy atom. The van der Waals surface area contributed by atoms with Gasteiger partial charge in [0.05, 0.1) is 6.20 Å². The van der Waals surface area contributed by atoms with Crippen molar-refractivity contribution in [3.8, 4) is 0 Å². The van der Waals surface area contributed by atoms with Gasteiger partial charge in [0.1, 0.15) is 4.60 Å². The van der Waals surface area contributed by atoms with E-state index in [0.29, 0.717) is 0 Å². The molecule has 1 heterocycles. The maximum Gasteiger partial charge on any atom is 0.129 e. The summed E-state index contributed by atoms with van der Waals surface area (Å²) in [5.41, 5.74) is 1.55. The van der Waals surface area contributed by atoms with Crippen LogP contribution in [0.4, 0.5) is 0 Å². The molecule has 1 atom stereocenters. The molecule has 17 heavy (non-hydrogen) atoms. The third-order valence-corrected chi connectivity index (χ3v) is 4.07. The van der Waals surface area contributed by atoms with Crippen molar-refractivity contribution < 1.29 is 0 Å². The van der Waals surface area contributed by atoms with Crippen LogP contribution in [0.2, 0.25) is 0 Å². The minimum Gasteiger partial charge on any atom is -0.158 e. The Bertz CT molecular complexity index is 341. The summed E-state index contributed by atoms with van der Waals surface area (Å²) in [7, 11) is 0. The van der Waals surface area contributed by atoms with Crippen LogP contribution in [-0.4, -0.2) is 10.2 Å². The number of rotatable bonds is 7. The molecule has 0 aliphatic heterocycles. The van der Waals surface area contributed by atoms with Gasteiger partial charge in [-0.3, -0.25) is 0 Å². The van der Waals surface area contributed by atoms with Crippen molar-refractivity contribution in [1.29, 1.82) is 0 Å². The summed E-state index contributed by atoms with van der Waals surface area (Å²) in [4.78, 5) is 0. The molecule has 1 rings (SSSR count). The number of aromatic nitrogens is 2. The lowest BCUT2D eigenvalue weighted by molar-refractivity contribution is 0.394. The third kappa shape index (κ3) is 4.38. The molecule has 0 aliphatic rings. The summed E-state index contributed by atoms with van der Waals surface area (Å²) in [5.74, 6) is 0. The Labute approximate surface area is 113 Å². The Balaban J connectivity index is 2.67. The first-order valence-electron chi connectivity index (χ1n) is 6.61. The van der Waals surface area contributed by atoms with E-state index in [0.717, 1.165) is 11.0 Å². The topological polar surface area (TPSA) is 25.8 Å². The van der Waals surface area contributed by atoms with Crippen LogP contribution >= 0.6 is 15.9 Å². The number of halogens is 1. The Morgan fingerprint density at radius 2 is 2.00 bits per heavy atom. The van der Waals surface area contributed by atoms with E-state index in [1.165, 1.54) is 37.7 Å². The largest absolute Gasteiger partial charge is 0.158 e. The molecule has 1 aromatic heterocycles. The van der Waals surface area contributed by atoms with Gasteiger partial charge in [0.2, 0.25) is 0 Å². The fraction of sp³-hybridized carbons (Fsp3) is 0.714. The zero-order valence-electron chi connectivity index (χ0n) is 11.2. The van der Waals surface area contributed by atoms with Gasteiger partial charge < -0.3 is 0 Å². The zero-order chi connectivity index (χ0) is 12.7. The van der Waals surface area contributed by atoms with Crippen LogP contribution in [0.15, 0.2) is 16.9 Å². The molecule has 0 bridgehead atoms. The molecule has 96 valence electrons. The van der Waals surface area contributed by atoms with Crippen molar-refractivity contribution in [3.05, 3.63) is 22.4 Å². The van der Waals surface area contributed by atoms with E-state index in [-0.39, 0.29) is 5.41 Å². The van der Waals surface area contributed by atoms with Crippen LogP contribution in [0.25, 0.3) is 0 Å². The van der Waals surface area contributed by atoms with Crippen LogP contribution in [0.5, 0.6) is 0 Å². The SMILES string of the molecule is CCCCCCC(C)(CC)c1cnnc(Br)c1. The van der Waals surface area contributed by atoms with Gasteiger partial charge in [-0.05, 0) is 45.8 Å². The number of nitrogens with zero attached hydrogens (tertiary/aromatic N) is 2. The Kier molecular flexibility index (Phi) is 6.10. The number of hydrogen-bond acceptors (Lipinski definition) is 2. The maximum absolute atomic E-state index is 4.05. The third-order valence-electron chi connectivity index (χ3n) is 3.68. The van der Waals surface area contributed by atoms with Gasteiger partial charge in [0.15, 0.2) is 0 Å². The fourth-order valence-electron chi connectivity index (χ4n) is 2.14. The molecule has 0 saturated carbocycles. The van der Waals surface area contributed by atoms with Gasteiger partial charge >= 0.3 is 0 Å². The molecule has 0 N–H and O–H groups in total.